The first-order valence-electron chi connectivity index (χ1n) is 18.0. The first-order valence-corrected chi connectivity index (χ1v) is 18.0. The third kappa shape index (κ3) is 5.41. The lowest BCUT2D eigenvalue weighted by atomic mass is 9.85. The Morgan fingerprint density at radius 3 is 1.89 bits per heavy atom. The molecule has 264 valence electrons. The topological polar surface area (TPSA) is 112 Å². The van der Waals surface area contributed by atoms with Gasteiger partial charge in [0, 0.05) is 16.2 Å². The third-order valence-corrected chi connectivity index (χ3v) is 10.3. The molecule has 0 aliphatic rings. The summed E-state index contributed by atoms with van der Waals surface area (Å²) in [6.45, 7) is 6.56. The first-order chi connectivity index (χ1) is 26.7. The number of aromatic nitrogens is 3. The number of rotatable bonds is 4. The molecule has 55 heavy (non-hydrogen) atoms. The molecule has 10 rings (SSSR count). The van der Waals surface area contributed by atoms with Crippen LogP contribution < -0.4 is 11.3 Å². The predicted molar refractivity (Wildman–Crippen MR) is 217 cm³/mol. The van der Waals surface area contributed by atoms with Crippen molar-refractivity contribution in [3.8, 4) is 45.4 Å². The van der Waals surface area contributed by atoms with Gasteiger partial charge in [0.2, 0.25) is 0 Å². The number of hydrogen-bond acceptors (Lipinski definition) is 8. The molecule has 5 aromatic carbocycles. The number of hydrogen-bond donors (Lipinski definition) is 0. The van der Waals surface area contributed by atoms with Gasteiger partial charge in [0.05, 0.1) is 29.3 Å². The summed E-state index contributed by atoms with van der Waals surface area (Å²) in [7, 11) is 0. The van der Waals surface area contributed by atoms with Crippen LogP contribution in [0.2, 0.25) is 0 Å². The molecule has 10 aromatic rings. The van der Waals surface area contributed by atoms with Crippen LogP contribution in [0.25, 0.3) is 99.7 Å². The van der Waals surface area contributed by atoms with Crippen LogP contribution in [-0.2, 0) is 5.41 Å². The van der Waals surface area contributed by atoms with Crippen LogP contribution in [0.3, 0.4) is 0 Å². The van der Waals surface area contributed by atoms with Gasteiger partial charge in [-0.3, -0.25) is 4.98 Å². The van der Waals surface area contributed by atoms with Crippen molar-refractivity contribution in [3.63, 3.8) is 0 Å². The van der Waals surface area contributed by atoms with Crippen LogP contribution in [0.4, 0.5) is 0 Å². The van der Waals surface area contributed by atoms with Crippen molar-refractivity contribution in [3.05, 3.63) is 160 Å². The van der Waals surface area contributed by atoms with Crippen molar-refractivity contribution in [2.75, 3.05) is 0 Å². The maximum Gasteiger partial charge on any atom is 0.347 e. The molecule has 0 aliphatic heterocycles. The Hall–Kier alpha value is -7.19. The zero-order chi connectivity index (χ0) is 37.4. The summed E-state index contributed by atoms with van der Waals surface area (Å²) < 4.78 is 18.0. The Kier molecular flexibility index (Phi) is 7.19. The number of furan rings is 1. The maximum absolute atomic E-state index is 13.4. The Balaban J connectivity index is 0.976. The van der Waals surface area contributed by atoms with E-state index in [4.69, 9.17) is 18.2 Å². The largest absolute Gasteiger partial charge is 0.454 e. The average molecular weight is 718 g/mol. The molecular weight excluding hydrogens is 687 g/mol. The molecule has 8 heteroatoms. The highest BCUT2D eigenvalue weighted by atomic mass is 16.4. The van der Waals surface area contributed by atoms with Crippen LogP contribution in [0.1, 0.15) is 26.3 Å². The molecule has 0 aliphatic carbocycles. The van der Waals surface area contributed by atoms with Gasteiger partial charge in [0.25, 0.3) is 0 Å². The molecule has 0 atom stereocenters. The van der Waals surface area contributed by atoms with E-state index in [9.17, 15) is 9.59 Å². The van der Waals surface area contributed by atoms with Crippen LogP contribution >= 0.6 is 0 Å². The van der Waals surface area contributed by atoms with Gasteiger partial charge >= 0.3 is 11.3 Å². The second-order valence-electron chi connectivity index (χ2n) is 14.8. The Morgan fingerprint density at radius 2 is 1.13 bits per heavy atom. The lowest BCUT2D eigenvalue weighted by Crippen LogP contribution is -2.10. The fourth-order valence-corrected chi connectivity index (χ4v) is 7.42. The second kappa shape index (κ2) is 12.2. The van der Waals surface area contributed by atoms with Crippen molar-refractivity contribution in [2.24, 2.45) is 0 Å². The summed E-state index contributed by atoms with van der Waals surface area (Å²) in [6.07, 6.45) is 3.20. The predicted octanol–water partition coefficient (Wildman–Crippen LogP) is 11.1. The lowest BCUT2D eigenvalue weighted by molar-refractivity contribution is 0.553. The average Bonchev–Trinajstić information content (AvgIpc) is 3.70. The molecular formula is C47H31N3O5. The molecule has 0 amide bonds. The van der Waals surface area contributed by atoms with Crippen molar-refractivity contribution in [1.29, 1.82) is 0 Å². The summed E-state index contributed by atoms with van der Waals surface area (Å²) in [5.74, 6) is 0.800. The van der Waals surface area contributed by atoms with Crippen molar-refractivity contribution < 1.29 is 13.3 Å². The summed E-state index contributed by atoms with van der Waals surface area (Å²) in [5, 5.41) is 7.69. The van der Waals surface area contributed by atoms with E-state index in [-0.39, 0.29) is 5.41 Å². The van der Waals surface area contributed by atoms with Crippen molar-refractivity contribution in [2.45, 2.75) is 26.2 Å². The summed E-state index contributed by atoms with van der Waals surface area (Å²) >= 11 is 0. The van der Waals surface area contributed by atoms with E-state index < -0.39 is 11.3 Å². The van der Waals surface area contributed by atoms with Crippen LogP contribution in [0.15, 0.2) is 157 Å². The fraction of sp³-hybridized carbons (Fsp3) is 0.0851. The molecule has 5 heterocycles. The summed E-state index contributed by atoms with van der Waals surface area (Å²) in [4.78, 5) is 40.7. The molecule has 0 radical (unpaired) electrons. The molecule has 0 N–H and O–H groups in total. The highest BCUT2D eigenvalue weighted by Crippen LogP contribution is 2.37. The quantitative estimate of drug-likeness (QED) is 0.131. The molecule has 5 aromatic heterocycles. The van der Waals surface area contributed by atoms with Crippen LogP contribution in [0, 0.1) is 0 Å². The van der Waals surface area contributed by atoms with Crippen molar-refractivity contribution >= 4 is 54.3 Å². The minimum Gasteiger partial charge on any atom is -0.454 e. The lowest BCUT2D eigenvalue weighted by Gasteiger charge is -2.19. The van der Waals surface area contributed by atoms with Crippen molar-refractivity contribution in [1.82, 2.24) is 15.0 Å². The Bertz CT molecular complexity index is 3300. The van der Waals surface area contributed by atoms with Gasteiger partial charge < -0.3 is 13.3 Å². The number of nitrogens with zero attached hydrogens (tertiary/aromatic N) is 3. The zero-order valence-corrected chi connectivity index (χ0v) is 30.1. The highest BCUT2D eigenvalue weighted by molar-refractivity contribution is 6.23. The van der Waals surface area contributed by atoms with E-state index in [1.165, 1.54) is 5.56 Å². The van der Waals surface area contributed by atoms with Gasteiger partial charge in [-0.2, -0.15) is 0 Å². The van der Waals surface area contributed by atoms with Crippen LogP contribution in [0.5, 0.6) is 0 Å². The second-order valence-corrected chi connectivity index (χ2v) is 14.8. The van der Waals surface area contributed by atoms with Gasteiger partial charge in [-0.25, -0.2) is 19.6 Å². The van der Waals surface area contributed by atoms with E-state index in [1.54, 1.807) is 30.6 Å². The Morgan fingerprint density at radius 1 is 0.473 bits per heavy atom. The van der Waals surface area contributed by atoms with Gasteiger partial charge in [-0.15, -0.1) is 0 Å². The van der Waals surface area contributed by atoms with E-state index in [0.29, 0.717) is 56.6 Å². The van der Waals surface area contributed by atoms with E-state index >= 15 is 0 Å². The van der Waals surface area contributed by atoms with E-state index in [0.717, 1.165) is 43.1 Å². The monoisotopic (exact) mass is 717 g/mol. The van der Waals surface area contributed by atoms with Crippen LogP contribution in [-0.4, -0.2) is 15.0 Å². The minimum absolute atomic E-state index is 0.00645. The fourth-order valence-electron chi connectivity index (χ4n) is 7.42. The summed E-state index contributed by atoms with van der Waals surface area (Å²) in [5.41, 5.74) is 3.99. The Labute approximate surface area is 313 Å². The van der Waals surface area contributed by atoms with Gasteiger partial charge in [-0.05, 0) is 80.4 Å². The van der Waals surface area contributed by atoms with E-state index in [1.807, 2.05) is 78.9 Å². The van der Waals surface area contributed by atoms with Gasteiger partial charge in [-0.1, -0.05) is 99.6 Å². The molecule has 0 spiro atoms. The molecule has 0 fully saturated rings. The standard InChI is InChI=1S/C47H31N3O5/c1-47(2,3)27-16-17-28-26(21-27)15-18-41-33(28)22-35(45(51)54-41)37-13-8-14-38(50-37)39-24-49-40(25-48-39)43-20-19-42(53-43)36-23-34-31-11-5-4-9-29(31)30-10-6-7-12-32(30)44(34)55-46(36)52/h4-25H,1-3H3. The minimum atomic E-state index is -0.496. The molecule has 0 saturated carbocycles. The number of benzene rings is 5. The normalized spacial score (nSPS) is 12.1. The molecule has 0 unspecified atom stereocenters. The molecule has 0 bridgehead atoms. The number of fused-ring (bicyclic) bond motifs is 9. The smallest absolute Gasteiger partial charge is 0.347 e. The first kappa shape index (κ1) is 32.5. The molecule has 0 saturated heterocycles. The third-order valence-electron chi connectivity index (χ3n) is 10.3. The molecule has 8 nitrogen and oxygen atoms in total. The van der Waals surface area contributed by atoms with Gasteiger partial charge in [0.15, 0.2) is 5.76 Å². The SMILES string of the molecule is CC(C)(C)c1ccc2c(ccc3oc(=O)c(-c4cccc(-c5cnc(-c6ccc(-c7cc8c9ccccc9c9ccccc9c8oc7=O)o6)cn5)n4)cc32)c1. The van der Waals surface area contributed by atoms with Gasteiger partial charge in [0.1, 0.15) is 33.9 Å². The maximum atomic E-state index is 13.4. The number of pyridine rings is 1. The zero-order valence-electron chi connectivity index (χ0n) is 30.1. The summed E-state index contributed by atoms with van der Waals surface area (Å²) in [6, 6.07) is 38.9. The van der Waals surface area contributed by atoms with E-state index in [2.05, 4.69) is 55.0 Å². The highest BCUT2D eigenvalue weighted by Gasteiger charge is 2.19.